The normalized spacial score (nSPS) is 10.4. The monoisotopic (exact) mass is 260 g/mol. The van der Waals surface area contributed by atoms with E-state index >= 15 is 0 Å². The van der Waals surface area contributed by atoms with Crippen molar-refractivity contribution in [1.29, 1.82) is 0 Å². The molecule has 0 spiro atoms. The van der Waals surface area contributed by atoms with Crippen molar-refractivity contribution in [2.75, 3.05) is 11.9 Å². The molecule has 3 N–H and O–H groups in total. The van der Waals surface area contributed by atoms with Crippen LogP contribution in [0.2, 0.25) is 0 Å². The molecule has 1 heterocycles. The number of carbonyl (C=O) groups excluding carboxylic acids is 2. The van der Waals surface area contributed by atoms with Crippen LogP contribution in [0, 0.1) is 0 Å². The van der Waals surface area contributed by atoms with Gasteiger partial charge < -0.3 is 10.6 Å². The summed E-state index contributed by atoms with van der Waals surface area (Å²) in [5.74, 6) is -0.166. The summed E-state index contributed by atoms with van der Waals surface area (Å²) >= 11 is 0. The largest absolute Gasteiger partial charge is 0.356 e. The number of nitrogens with zero attached hydrogens (tertiary/aromatic N) is 1. The molecule has 0 radical (unpaired) electrons. The second-order valence-electron chi connectivity index (χ2n) is 4.35. The maximum Gasteiger partial charge on any atom is 0.221 e. The highest BCUT2D eigenvalue weighted by molar-refractivity contribution is 6.00. The molecule has 19 heavy (non-hydrogen) atoms. The van der Waals surface area contributed by atoms with E-state index in [0.717, 1.165) is 22.9 Å². The minimum atomic E-state index is -0.123. The van der Waals surface area contributed by atoms with Gasteiger partial charge in [-0.15, -0.1) is 0 Å². The Bertz CT molecular complexity index is 618. The van der Waals surface area contributed by atoms with E-state index in [4.69, 9.17) is 0 Å². The maximum absolute atomic E-state index is 11.1. The zero-order valence-electron chi connectivity index (χ0n) is 10.9. The molecule has 1 aromatic carbocycles. The standard InChI is InChI=1S/C13H16N4O2/c1-8(18)14-6-5-10-3-4-12(16-9(2)19)13-11(10)7-15-17-13/h3-4,7H,5-6H2,1-2H3,(H,14,18)(H,15,17)(H,16,19). The van der Waals surface area contributed by atoms with Gasteiger partial charge in [-0.3, -0.25) is 14.7 Å². The third-order valence-corrected chi connectivity index (χ3v) is 2.78. The number of hydrogen-bond acceptors (Lipinski definition) is 3. The lowest BCUT2D eigenvalue weighted by atomic mass is 10.1. The van der Waals surface area contributed by atoms with Crippen molar-refractivity contribution in [3.8, 4) is 0 Å². The van der Waals surface area contributed by atoms with Crippen LogP contribution in [-0.2, 0) is 16.0 Å². The highest BCUT2D eigenvalue weighted by atomic mass is 16.2. The third kappa shape index (κ3) is 3.09. The molecule has 0 atom stereocenters. The first-order chi connectivity index (χ1) is 9.08. The summed E-state index contributed by atoms with van der Waals surface area (Å²) in [6.07, 6.45) is 2.44. The average molecular weight is 260 g/mol. The number of rotatable bonds is 4. The third-order valence-electron chi connectivity index (χ3n) is 2.78. The minimum Gasteiger partial charge on any atom is -0.356 e. The van der Waals surface area contributed by atoms with Gasteiger partial charge in [0.15, 0.2) is 0 Å². The predicted octanol–water partition coefficient (Wildman–Crippen LogP) is 1.20. The maximum atomic E-state index is 11.1. The molecule has 0 bridgehead atoms. The minimum absolute atomic E-state index is 0.0432. The van der Waals surface area contributed by atoms with Gasteiger partial charge in [-0.25, -0.2) is 0 Å². The lowest BCUT2D eigenvalue weighted by Gasteiger charge is -2.08. The number of nitrogens with one attached hydrogen (secondary N) is 3. The summed E-state index contributed by atoms with van der Waals surface area (Å²) in [5.41, 5.74) is 2.59. The summed E-state index contributed by atoms with van der Waals surface area (Å²) in [6, 6.07) is 3.77. The highest BCUT2D eigenvalue weighted by Gasteiger charge is 2.09. The molecule has 0 fully saturated rings. The summed E-state index contributed by atoms with van der Waals surface area (Å²) in [4.78, 5) is 22.0. The van der Waals surface area contributed by atoms with Crippen molar-refractivity contribution in [2.45, 2.75) is 20.3 Å². The molecule has 6 heteroatoms. The lowest BCUT2D eigenvalue weighted by Crippen LogP contribution is -2.22. The first-order valence-electron chi connectivity index (χ1n) is 6.05. The molecule has 0 aliphatic rings. The first kappa shape index (κ1) is 13.1. The van der Waals surface area contributed by atoms with Crippen molar-refractivity contribution in [2.24, 2.45) is 0 Å². The van der Waals surface area contributed by atoms with Gasteiger partial charge in [0.2, 0.25) is 11.8 Å². The molecule has 100 valence electrons. The van der Waals surface area contributed by atoms with Crippen LogP contribution in [-0.4, -0.2) is 28.6 Å². The Hall–Kier alpha value is -2.37. The SMILES string of the molecule is CC(=O)NCCc1ccc(NC(C)=O)c2[nH]ncc12. The molecule has 2 aromatic rings. The van der Waals surface area contributed by atoms with E-state index in [2.05, 4.69) is 20.8 Å². The Balaban J connectivity index is 2.24. The van der Waals surface area contributed by atoms with Gasteiger partial charge in [0.1, 0.15) is 0 Å². The number of hydrogen-bond donors (Lipinski definition) is 3. The van der Waals surface area contributed by atoms with Crippen molar-refractivity contribution >= 4 is 28.4 Å². The smallest absolute Gasteiger partial charge is 0.221 e. The number of carbonyl (C=O) groups is 2. The number of aromatic amines is 1. The number of fused-ring (bicyclic) bond motifs is 1. The zero-order chi connectivity index (χ0) is 13.8. The van der Waals surface area contributed by atoms with E-state index in [1.807, 2.05) is 12.1 Å². The molecular weight excluding hydrogens is 244 g/mol. The van der Waals surface area contributed by atoms with Gasteiger partial charge in [-0.1, -0.05) is 6.07 Å². The van der Waals surface area contributed by atoms with Crippen LogP contribution in [0.1, 0.15) is 19.4 Å². The van der Waals surface area contributed by atoms with Crippen LogP contribution in [0.5, 0.6) is 0 Å². The molecule has 2 rings (SSSR count). The van der Waals surface area contributed by atoms with E-state index in [1.54, 1.807) is 6.20 Å². The summed E-state index contributed by atoms with van der Waals surface area (Å²) < 4.78 is 0. The Kier molecular flexibility index (Phi) is 3.79. The summed E-state index contributed by atoms with van der Waals surface area (Å²) in [5, 5.41) is 13.4. The second-order valence-corrected chi connectivity index (χ2v) is 4.35. The second kappa shape index (κ2) is 5.51. The van der Waals surface area contributed by atoms with E-state index in [9.17, 15) is 9.59 Å². The Labute approximate surface area is 110 Å². The zero-order valence-corrected chi connectivity index (χ0v) is 10.9. The van der Waals surface area contributed by atoms with Crippen LogP contribution >= 0.6 is 0 Å². The van der Waals surface area contributed by atoms with Crippen molar-refractivity contribution in [1.82, 2.24) is 15.5 Å². The van der Waals surface area contributed by atoms with Crippen molar-refractivity contribution in [3.05, 3.63) is 23.9 Å². The van der Waals surface area contributed by atoms with Crippen LogP contribution in [0.15, 0.2) is 18.3 Å². The molecule has 0 aliphatic carbocycles. The van der Waals surface area contributed by atoms with Crippen molar-refractivity contribution < 1.29 is 9.59 Å². The van der Waals surface area contributed by atoms with Gasteiger partial charge in [-0.05, 0) is 18.1 Å². The van der Waals surface area contributed by atoms with E-state index in [1.165, 1.54) is 13.8 Å². The van der Waals surface area contributed by atoms with Crippen LogP contribution in [0.25, 0.3) is 10.9 Å². The van der Waals surface area contributed by atoms with Gasteiger partial charge in [0.25, 0.3) is 0 Å². The molecule has 6 nitrogen and oxygen atoms in total. The van der Waals surface area contributed by atoms with Gasteiger partial charge in [0, 0.05) is 25.8 Å². The quantitative estimate of drug-likeness (QED) is 0.772. The summed E-state index contributed by atoms with van der Waals surface area (Å²) in [6.45, 7) is 3.54. The molecule has 0 unspecified atom stereocenters. The van der Waals surface area contributed by atoms with E-state index < -0.39 is 0 Å². The average Bonchev–Trinajstić information content (AvgIpc) is 2.80. The van der Waals surface area contributed by atoms with Gasteiger partial charge >= 0.3 is 0 Å². The molecule has 0 saturated carbocycles. The fraction of sp³-hybridized carbons (Fsp3) is 0.308. The Morgan fingerprint density at radius 3 is 2.74 bits per heavy atom. The lowest BCUT2D eigenvalue weighted by molar-refractivity contribution is -0.119. The summed E-state index contributed by atoms with van der Waals surface area (Å²) in [7, 11) is 0. The number of H-pyrrole nitrogens is 1. The van der Waals surface area contributed by atoms with Gasteiger partial charge in [-0.2, -0.15) is 5.10 Å². The molecule has 2 amide bonds. The number of benzene rings is 1. The molecule has 0 saturated heterocycles. The molecule has 0 aliphatic heterocycles. The number of aromatic nitrogens is 2. The van der Waals surface area contributed by atoms with E-state index in [0.29, 0.717) is 12.2 Å². The van der Waals surface area contributed by atoms with Crippen LogP contribution < -0.4 is 10.6 Å². The molecular formula is C13H16N4O2. The Morgan fingerprint density at radius 1 is 1.26 bits per heavy atom. The fourth-order valence-electron chi connectivity index (χ4n) is 1.98. The number of anilines is 1. The topological polar surface area (TPSA) is 86.9 Å². The van der Waals surface area contributed by atoms with Crippen LogP contribution in [0.4, 0.5) is 5.69 Å². The van der Waals surface area contributed by atoms with Crippen LogP contribution in [0.3, 0.4) is 0 Å². The fourth-order valence-corrected chi connectivity index (χ4v) is 1.98. The van der Waals surface area contributed by atoms with Gasteiger partial charge in [0.05, 0.1) is 17.4 Å². The first-order valence-corrected chi connectivity index (χ1v) is 6.05. The number of amides is 2. The highest BCUT2D eigenvalue weighted by Crippen LogP contribution is 2.24. The molecule has 1 aromatic heterocycles. The Morgan fingerprint density at radius 2 is 2.05 bits per heavy atom. The van der Waals surface area contributed by atoms with Crippen molar-refractivity contribution in [3.63, 3.8) is 0 Å². The predicted molar refractivity (Wildman–Crippen MR) is 72.8 cm³/mol. The van der Waals surface area contributed by atoms with E-state index in [-0.39, 0.29) is 11.8 Å².